The van der Waals surface area contributed by atoms with E-state index in [4.69, 9.17) is 0 Å². The Morgan fingerprint density at radius 1 is 1.54 bits per heavy atom. The van der Waals surface area contributed by atoms with Crippen molar-refractivity contribution >= 4 is 18.5 Å². The van der Waals surface area contributed by atoms with Crippen LogP contribution in [0.3, 0.4) is 0 Å². The largest absolute Gasteiger partial charge is 0.390 e. The first-order valence-electron chi connectivity index (χ1n) is 4.62. The van der Waals surface area contributed by atoms with Gasteiger partial charge in [0.2, 0.25) is 5.91 Å². The number of thiol groups is 1. The normalized spacial score (nSPS) is 24.2. The minimum absolute atomic E-state index is 0.0684. The zero-order chi connectivity index (χ0) is 10.1. The molecule has 1 atom stereocenters. The van der Waals surface area contributed by atoms with E-state index in [0.717, 1.165) is 0 Å². The lowest BCUT2D eigenvalue weighted by Crippen LogP contribution is -2.47. The molecule has 0 aromatic carbocycles. The maximum Gasteiger partial charge on any atom is 0.235 e. The summed E-state index contributed by atoms with van der Waals surface area (Å²) >= 11 is 4.09. The van der Waals surface area contributed by atoms with Crippen molar-refractivity contribution in [3.63, 3.8) is 0 Å². The topological polar surface area (TPSA) is 40.5 Å². The highest BCUT2D eigenvalue weighted by Gasteiger charge is 2.30. The van der Waals surface area contributed by atoms with Gasteiger partial charge in [0, 0.05) is 13.1 Å². The van der Waals surface area contributed by atoms with Crippen LogP contribution in [0.1, 0.15) is 26.7 Å². The van der Waals surface area contributed by atoms with E-state index in [-0.39, 0.29) is 11.2 Å². The molecular formula is C9H17NO2S. The molecule has 0 bridgehead atoms. The number of amides is 1. The standard InChI is InChI=1S/C9H17NO2S/c1-7(13)8(11)10-5-3-9(2,12)4-6-10/h7,12-13H,3-6H2,1-2H3. The number of rotatable bonds is 1. The SMILES string of the molecule is CC(S)C(=O)N1CCC(C)(O)CC1. The van der Waals surface area contributed by atoms with Crippen molar-refractivity contribution in [3.05, 3.63) is 0 Å². The van der Waals surface area contributed by atoms with Gasteiger partial charge in [0.25, 0.3) is 0 Å². The van der Waals surface area contributed by atoms with E-state index in [2.05, 4.69) is 12.6 Å². The maximum atomic E-state index is 11.5. The van der Waals surface area contributed by atoms with Crippen LogP contribution >= 0.6 is 12.6 Å². The van der Waals surface area contributed by atoms with Crippen molar-refractivity contribution in [3.8, 4) is 0 Å². The van der Waals surface area contributed by atoms with Gasteiger partial charge < -0.3 is 10.0 Å². The molecule has 1 heterocycles. The monoisotopic (exact) mass is 203 g/mol. The molecule has 0 aliphatic carbocycles. The summed E-state index contributed by atoms with van der Waals surface area (Å²) in [5.41, 5.74) is -0.587. The first kappa shape index (κ1) is 10.9. The molecule has 3 nitrogen and oxygen atoms in total. The van der Waals surface area contributed by atoms with Crippen molar-refractivity contribution < 1.29 is 9.90 Å². The molecular weight excluding hydrogens is 186 g/mol. The van der Waals surface area contributed by atoms with Gasteiger partial charge in [0.15, 0.2) is 0 Å². The molecule has 4 heteroatoms. The van der Waals surface area contributed by atoms with Crippen molar-refractivity contribution in [1.29, 1.82) is 0 Å². The van der Waals surface area contributed by atoms with Gasteiger partial charge in [0.1, 0.15) is 0 Å². The van der Waals surface area contributed by atoms with Gasteiger partial charge in [-0.3, -0.25) is 4.79 Å². The van der Waals surface area contributed by atoms with E-state index in [1.54, 1.807) is 11.8 Å². The Kier molecular flexibility index (Phi) is 3.24. The Bertz CT molecular complexity index is 194. The minimum Gasteiger partial charge on any atom is -0.390 e. The predicted octanol–water partition coefficient (Wildman–Crippen LogP) is 0.678. The molecule has 0 spiro atoms. The number of hydrogen-bond donors (Lipinski definition) is 2. The van der Waals surface area contributed by atoms with E-state index < -0.39 is 5.60 Å². The Hall–Kier alpha value is -0.220. The van der Waals surface area contributed by atoms with Crippen LogP contribution in [-0.4, -0.2) is 39.9 Å². The fourth-order valence-corrected chi connectivity index (χ4v) is 1.64. The van der Waals surface area contributed by atoms with Gasteiger partial charge in [-0.25, -0.2) is 0 Å². The van der Waals surface area contributed by atoms with E-state index in [9.17, 15) is 9.90 Å². The van der Waals surface area contributed by atoms with Crippen molar-refractivity contribution in [2.45, 2.75) is 37.5 Å². The average Bonchev–Trinajstić information content (AvgIpc) is 2.03. The molecule has 1 unspecified atom stereocenters. The Morgan fingerprint density at radius 3 is 2.38 bits per heavy atom. The van der Waals surface area contributed by atoms with E-state index >= 15 is 0 Å². The average molecular weight is 203 g/mol. The van der Waals surface area contributed by atoms with Crippen molar-refractivity contribution in [2.75, 3.05) is 13.1 Å². The van der Waals surface area contributed by atoms with Gasteiger partial charge >= 0.3 is 0 Å². The molecule has 1 aliphatic rings. The van der Waals surface area contributed by atoms with Crippen LogP contribution < -0.4 is 0 Å². The summed E-state index contributed by atoms with van der Waals surface area (Å²) in [6.07, 6.45) is 1.33. The fraction of sp³-hybridized carbons (Fsp3) is 0.889. The smallest absolute Gasteiger partial charge is 0.235 e. The van der Waals surface area contributed by atoms with Crippen LogP contribution in [-0.2, 0) is 4.79 Å². The molecule has 1 fully saturated rings. The summed E-state index contributed by atoms with van der Waals surface area (Å²) in [6, 6.07) is 0. The summed E-state index contributed by atoms with van der Waals surface area (Å²) in [4.78, 5) is 13.3. The molecule has 1 amide bonds. The second-order valence-corrected chi connectivity index (χ2v) is 4.77. The Labute approximate surface area is 84.5 Å². The summed E-state index contributed by atoms with van der Waals surface area (Å²) in [7, 11) is 0. The fourth-order valence-electron chi connectivity index (χ4n) is 1.47. The molecule has 0 saturated carbocycles. The van der Waals surface area contributed by atoms with Crippen LogP contribution in [0.5, 0.6) is 0 Å². The van der Waals surface area contributed by atoms with Crippen LogP contribution in [0, 0.1) is 0 Å². The molecule has 76 valence electrons. The quantitative estimate of drug-likeness (QED) is 0.615. The van der Waals surface area contributed by atoms with Crippen molar-refractivity contribution in [2.24, 2.45) is 0 Å². The maximum absolute atomic E-state index is 11.5. The number of hydrogen-bond acceptors (Lipinski definition) is 3. The molecule has 1 saturated heterocycles. The Balaban J connectivity index is 2.46. The zero-order valence-corrected chi connectivity index (χ0v) is 9.05. The lowest BCUT2D eigenvalue weighted by atomic mass is 9.94. The number of likely N-dealkylation sites (tertiary alicyclic amines) is 1. The lowest BCUT2D eigenvalue weighted by Gasteiger charge is -2.36. The van der Waals surface area contributed by atoms with Crippen LogP contribution in [0.15, 0.2) is 0 Å². The third kappa shape index (κ3) is 2.88. The first-order valence-corrected chi connectivity index (χ1v) is 5.13. The second-order valence-electron chi connectivity index (χ2n) is 4.00. The number of carbonyl (C=O) groups is 1. The zero-order valence-electron chi connectivity index (χ0n) is 8.16. The lowest BCUT2D eigenvalue weighted by molar-refractivity contribution is -0.133. The van der Waals surface area contributed by atoms with Crippen LogP contribution in [0.4, 0.5) is 0 Å². The van der Waals surface area contributed by atoms with E-state index in [1.165, 1.54) is 0 Å². The highest BCUT2D eigenvalue weighted by molar-refractivity contribution is 7.81. The molecule has 13 heavy (non-hydrogen) atoms. The molecule has 1 N–H and O–H groups in total. The third-order valence-corrected chi connectivity index (χ3v) is 2.73. The summed E-state index contributed by atoms with van der Waals surface area (Å²) in [5.74, 6) is 0.0684. The van der Waals surface area contributed by atoms with E-state index in [1.807, 2.05) is 6.92 Å². The van der Waals surface area contributed by atoms with Gasteiger partial charge in [-0.05, 0) is 26.7 Å². The molecule has 0 radical (unpaired) electrons. The molecule has 0 aromatic heterocycles. The predicted molar refractivity (Wildman–Crippen MR) is 54.9 cm³/mol. The van der Waals surface area contributed by atoms with Crippen LogP contribution in [0.25, 0.3) is 0 Å². The van der Waals surface area contributed by atoms with Gasteiger partial charge in [0.05, 0.1) is 10.9 Å². The van der Waals surface area contributed by atoms with Gasteiger partial charge in [-0.2, -0.15) is 12.6 Å². The van der Waals surface area contributed by atoms with Crippen LogP contribution in [0.2, 0.25) is 0 Å². The summed E-state index contributed by atoms with van der Waals surface area (Å²) in [5, 5.41) is 9.42. The highest BCUT2D eigenvalue weighted by atomic mass is 32.1. The molecule has 1 rings (SSSR count). The summed E-state index contributed by atoms with van der Waals surface area (Å²) < 4.78 is 0. The van der Waals surface area contributed by atoms with Gasteiger partial charge in [-0.15, -0.1) is 0 Å². The number of carbonyl (C=O) groups excluding carboxylic acids is 1. The number of nitrogens with zero attached hydrogens (tertiary/aromatic N) is 1. The minimum atomic E-state index is -0.587. The number of piperidine rings is 1. The van der Waals surface area contributed by atoms with Crippen molar-refractivity contribution in [1.82, 2.24) is 4.90 Å². The summed E-state index contributed by atoms with van der Waals surface area (Å²) in [6.45, 7) is 4.89. The number of aliphatic hydroxyl groups is 1. The second kappa shape index (κ2) is 3.88. The Morgan fingerprint density at radius 2 is 2.00 bits per heavy atom. The molecule has 0 aromatic rings. The molecule has 1 aliphatic heterocycles. The highest BCUT2D eigenvalue weighted by Crippen LogP contribution is 2.21. The first-order chi connectivity index (χ1) is 5.92. The van der Waals surface area contributed by atoms with E-state index in [0.29, 0.717) is 25.9 Å². The van der Waals surface area contributed by atoms with Gasteiger partial charge in [-0.1, -0.05) is 0 Å². The third-order valence-electron chi connectivity index (χ3n) is 2.51.